The number of esters is 1. The molecule has 3 rings (SSSR count). The first kappa shape index (κ1) is 18.1. The minimum atomic E-state index is -0.530. The van der Waals surface area contributed by atoms with Gasteiger partial charge in [-0.05, 0) is 12.8 Å². The third-order valence-corrected chi connectivity index (χ3v) is 5.78. The molecule has 0 amide bonds. The van der Waals surface area contributed by atoms with Gasteiger partial charge in [0.25, 0.3) is 0 Å². The molecule has 1 aromatic rings. The Hall–Kier alpha value is -1.73. The second-order valence-corrected chi connectivity index (χ2v) is 7.89. The number of rotatable bonds is 5. The Balaban J connectivity index is 2.00. The number of carbonyl (C=O) groups excluding carboxylic acids is 2. The molecule has 7 heteroatoms. The summed E-state index contributed by atoms with van der Waals surface area (Å²) in [6.07, 6.45) is 2.83. The molecule has 0 saturated heterocycles. The first-order chi connectivity index (χ1) is 12.0. The molecule has 0 bridgehead atoms. The monoisotopic (exact) mass is 364 g/mol. The van der Waals surface area contributed by atoms with Crippen molar-refractivity contribution < 1.29 is 19.1 Å². The highest BCUT2D eigenvalue weighted by atomic mass is 32.1. The first-order valence-corrected chi connectivity index (χ1v) is 9.44. The Labute approximate surface area is 151 Å². The SMILES string of the molecule is CCOC(=O)C1=CN2C(CC1=O)c1nc(COC)sc1CC2C(C)C. The van der Waals surface area contributed by atoms with Crippen molar-refractivity contribution in [2.75, 3.05) is 13.7 Å². The van der Waals surface area contributed by atoms with E-state index in [2.05, 4.69) is 18.7 Å². The van der Waals surface area contributed by atoms with Crippen LogP contribution < -0.4 is 0 Å². The van der Waals surface area contributed by atoms with Crippen molar-refractivity contribution in [2.24, 2.45) is 5.92 Å². The number of aromatic nitrogens is 1. The number of thiazole rings is 1. The topological polar surface area (TPSA) is 68.7 Å². The van der Waals surface area contributed by atoms with Crippen LogP contribution in [0.15, 0.2) is 11.8 Å². The maximum Gasteiger partial charge on any atom is 0.343 e. The highest BCUT2D eigenvalue weighted by Gasteiger charge is 2.42. The van der Waals surface area contributed by atoms with Crippen molar-refractivity contribution in [3.63, 3.8) is 0 Å². The zero-order chi connectivity index (χ0) is 18.1. The lowest BCUT2D eigenvalue weighted by atomic mass is 9.85. The van der Waals surface area contributed by atoms with Crippen LogP contribution in [0.5, 0.6) is 0 Å². The Bertz CT molecular complexity index is 710. The number of nitrogens with zero attached hydrogens (tertiary/aromatic N) is 2. The third kappa shape index (κ3) is 3.35. The fraction of sp³-hybridized carbons (Fsp3) is 0.611. The molecular weight excluding hydrogens is 340 g/mol. The highest BCUT2D eigenvalue weighted by Crippen LogP contribution is 2.43. The molecule has 0 spiro atoms. The molecule has 6 nitrogen and oxygen atoms in total. The number of fused-ring (bicyclic) bond motifs is 3. The molecule has 136 valence electrons. The molecule has 0 saturated carbocycles. The molecule has 0 N–H and O–H groups in total. The van der Waals surface area contributed by atoms with Crippen LogP contribution in [-0.2, 0) is 32.1 Å². The molecule has 0 aliphatic carbocycles. The standard InChI is InChI=1S/C18H24N2O4S/c1-5-24-18(22)11-8-20-12(10(2)3)7-15-17(13(20)6-14(11)21)19-16(25-15)9-23-4/h8,10,12-13H,5-7,9H2,1-4H3. The van der Waals surface area contributed by atoms with E-state index < -0.39 is 5.97 Å². The summed E-state index contributed by atoms with van der Waals surface area (Å²) in [4.78, 5) is 32.8. The number of carbonyl (C=O) groups is 2. The van der Waals surface area contributed by atoms with Gasteiger partial charge in [0.05, 0.1) is 24.9 Å². The van der Waals surface area contributed by atoms with Crippen LogP contribution >= 0.6 is 11.3 Å². The maximum atomic E-state index is 12.5. The van der Waals surface area contributed by atoms with Crippen LogP contribution in [0.25, 0.3) is 0 Å². The minimum absolute atomic E-state index is 0.108. The fourth-order valence-electron chi connectivity index (χ4n) is 3.52. The van der Waals surface area contributed by atoms with Crippen LogP contribution in [0.2, 0.25) is 0 Å². The molecule has 25 heavy (non-hydrogen) atoms. The zero-order valence-corrected chi connectivity index (χ0v) is 15.9. The van der Waals surface area contributed by atoms with E-state index in [1.165, 1.54) is 4.88 Å². The lowest BCUT2D eigenvalue weighted by Crippen LogP contribution is -2.47. The summed E-state index contributed by atoms with van der Waals surface area (Å²) in [7, 11) is 1.65. The first-order valence-electron chi connectivity index (χ1n) is 8.63. The smallest absolute Gasteiger partial charge is 0.343 e. The predicted octanol–water partition coefficient (Wildman–Crippen LogP) is 2.63. The van der Waals surface area contributed by atoms with Gasteiger partial charge in [-0.1, -0.05) is 13.8 Å². The second-order valence-electron chi connectivity index (χ2n) is 6.72. The van der Waals surface area contributed by atoms with Gasteiger partial charge in [-0.15, -0.1) is 11.3 Å². The Morgan fingerprint density at radius 2 is 2.20 bits per heavy atom. The average Bonchev–Trinajstić information content (AvgIpc) is 2.96. The quantitative estimate of drug-likeness (QED) is 0.591. The molecule has 3 heterocycles. The minimum Gasteiger partial charge on any atom is -0.462 e. The normalized spacial score (nSPS) is 22.5. The molecule has 2 aliphatic rings. The Morgan fingerprint density at radius 3 is 2.84 bits per heavy atom. The van der Waals surface area contributed by atoms with Gasteiger partial charge in [-0.2, -0.15) is 0 Å². The number of ketones is 1. The number of methoxy groups -OCH3 is 1. The van der Waals surface area contributed by atoms with E-state index in [1.807, 2.05) is 0 Å². The van der Waals surface area contributed by atoms with Gasteiger partial charge in [0.1, 0.15) is 10.6 Å². The van der Waals surface area contributed by atoms with Gasteiger partial charge in [0.2, 0.25) is 0 Å². The van der Waals surface area contributed by atoms with E-state index in [1.54, 1.807) is 31.6 Å². The lowest BCUT2D eigenvalue weighted by Gasteiger charge is -2.44. The summed E-state index contributed by atoms with van der Waals surface area (Å²) >= 11 is 1.67. The van der Waals surface area contributed by atoms with E-state index in [0.717, 1.165) is 17.1 Å². The van der Waals surface area contributed by atoms with Crippen LogP contribution in [0.3, 0.4) is 0 Å². The Kier molecular flexibility index (Phi) is 5.24. The molecule has 0 fully saturated rings. The van der Waals surface area contributed by atoms with E-state index in [9.17, 15) is 9.59 Å². The average molecular weight is 364 g/mol. The molecule has 0 aromatic carbocycles. The molecule has 0 radical (unpaired) electrons. The zero-order valence-electron chi connectivity index (χ0n) is 15.1. The summed E-state index contributed by atoms with van der Waals surface area (Å²) in [5.41, 5.74) is 1.11. The van der Waals surface area contributed by atoms with Crippen molar-refractivity contribution in [1.29, 1.82) is 0 Å². The lowest BCUT2D eigenvalue weighted by molar-refractivity contribution is -0.140. The summed E-state index contributed by atoms with van der Waals surface area (Å²) in [5.74, 6) is -0.314. The summed E-state index contributed by atoms with van der Waals surface area (Å²) in [6.45, 7) is 6.81. The fourth-order valence-corrected chi connectivity index (χ4v) is 4.67. The van der Waals surface area contributed by atoms with Gasteiger partial charge in [-0.25, -0.2) is 9.78 Å². The van der Waals surface area contributed by atoms with Gasteiger partial charge in [0.15, 0.2) is 5.78 Å². The van der Waals surface area contributed by atoms with E-state index in [4.69, 9.17) is 14.5 Å². The summed E-state index contributed by atoms with van der Waals surface area (Å²) < 4.78 is 10.3. The van der Waals surface area contributed by atoms with Crippen molar-refractivity contribution in [3.8, 4) is 0 Å². The van der Waals surface area contributed by atoms with Crippen molar-refractivity contribution in [3.05, 3.63) is 27.4 Å². The molecule has 2 aliphatic heterocycles. The van der Waals surface area contributed by atoms with E-state index in [0.29, 0.717) is 12.5 Å². The third-order valence-electron chi connectivity index (χ3n) is 4.71. The van der Waals surface area contributed by atoms with Crippen LogP contribution in [0.4, 0.5) is 0 Å². The van der Waals surface area contributed by atoms with Crippen LogP contribution in [0.1, 0.15) is 48.8 Å². The number of hydrogen-bond acceptors (Lipinski definition) is 7. The molecule has 2 atom stereocenters. The number of ether oxygens (including phenoxy) is 2. The van der Waals surface area contributed by atoms with E-state index >= 15 is 0 Å². The van der Waals surface area contributed by atoms with Gasteiger partial charge >= 0.3 is 5.97 Å². The van der Waals surface area contributed by atoms with Crippen molar-refractivity contribution in [1.82, 2.24) is 9.88 Å². The van der Waals surface area contributed by atoms with Gasteiger partial charge in [0, 0.05) is 37.1 Å². The predicted molar refractivity (Wildman–Crippen MR) is 94.1 cm³/mol. The van der Waals surface area contributed by atoms with E-state index in [-0.39, 0.29) is 36.5 Å². The molecule has 1 aromatic heterocycles. The largest absolute Gasteiger partial charge is 0.462 e. The van der Waals surface area contributed by atoms with Crippen molar-refractivity contribution in [2.45, 2.75) is 52.3 Å². The molecular formula is C18H24N2O4S. The second kappa shape index (κ2) is 7.25. The van der Waals surface area contributed by atoms with Gasteiger partial charge < -0.3 is 14.4 Å². The Morgan fingerprint density at radius 1 is 1.44 bits per heavy atom. The summed E-state index contributed by atoms with van der Waals surface area (Å²) in [6, 6.07) is 0.120. The van der Waals surface area contributed by atoms with Crippen LogP contribution in [0, 0.1) is 5.92 Å². The van der Waals surface area contributed by atoms with Crippen LogP contribution in [-0.4, -0.2) is 41.4 Å². The maximum absolute atomic E-state index is 12.5. The molecule has 2 unspecified atom stereocenters. The van der Waals surface area contributed by atoms with Crippen molar-refractivity contribution >= 4 is 23.1 Å². The highest BCUT2D eigenvalue weighted by molar-refractivity contribution is 7.11. The summed E-state index contributed by atoms with van der Waals surface area (Å²) in [5, 5.41) is 0.935. The number of hydrogen-bond donors (Lipinski definition) is 0. The number of Topliss-reactive ketones (excluding diaryl/α,β-unsaturated/α-hetero) is 1. The van der Waals surface area contributed by atoms with Gasteiger partial charge in [-0.3, -0.25) is 4.79 Å².